The lowest BCUT2D eigenvalue weighted by Gasteiger charge is -2.23. The number of rotatable bonds is 4. The number of sulfone groups is 1. The van der Waals surface area contributed by atoms with Crippen molar-refractivity contribution in [3.8, 4) is 0 Å². The van der Waals surface area contributed by atoms with Crippen molar-refractivity contribution in [2.45, 2.75) is 45.6 Å². The summed E-state index contributed by atoms with van der Waals surface area (Å²) >= 11 is 0. The second kappa shape index (κ2) is 8.07. The number of nitrogens with one attached hydrogen (secondary N) is 1. The number of nitrogens with zero attached hydrogens (tertiary/aromatic N) is 2. The molecular formula is C23H27FN4O2S. The van der Waals surface area contributed by atoms with Crippen LogP contribution in [0.15, 0.2) is 30.3 Å². The van der Waals surface area contributed by atoms with Crippen molar-refractivity contribution < 1.29 is 12.8 Å². The molecule has 1 aliphatic rings. The third-order valence-corrected chi connectivity index (χ3v) is 7.61. The lowest BCUT2D eigenvalue weighted by Crippen LogP contribution is -2.22. The van der Waals surface area contributed by atoms with Crippen molar-refractivity contribution in [2.75, 3.05) is 22.6 Å². The molecule has 164 valence electrons. The number of hydrogen-bond acceptors (Lipinski definition) is 6. The van der Waals surface area contributed by atoms with Crippen molar-refractivity contribution in [1.29, 1.82) is 0 Å². The molecule has 1 aliphatic heterocycles. The highest BCUT2D eigenvalue weighted by molar-refractivity contribution is 7.91. The number of nitrogens with two attached hydrogens (primary N) is 1. The molecule has 31 heavy (non-hydrogen) atoms. The quantitative estimate of drug-likeness (QED) is 0.580. The zero-order valence-corrected chi connectivity index (χ0v) is 18.8. The van der Waals surface area contributed by atoms with Crippen LogP contribution in [0.3, 0.4) is 0 Å². The van der Waals surface area contributed by atoms with E-state index in [0.29, 0.717) is 41.3 Å². The van der Waals surface area contributed by atoms with Gasteiger partial charge >= 0.3 is 0 Å². The van der Waals surface area contributed by atoms with E-state index in [0.717, 1.165) is 16.5 Å². The molecule has 1 saturated heterocycles. The molecule has 3 aromatic rings. The summed E-state index contributed by atoms with van der Waals surface area (Å²) in [6, 6.07) is 9.05. The largest absolute Gasteiger partial charge is 0.399 e. The first kappa shape index (κ1) is 21.5. The molecule has 4 rings (SSSR count). The average molecular weight is 443 g/mol. The lowest BCUT2D eigenvalue weighted by molar-refractivity contribution is 0.527. The first-order valence-corrected chi connectivity index (χ1v) is 12.3. The highest BCUT2D eigenvalue weighted by Crippen LogP contribution is 2.35. The maximum absolute atomic E-state index is 14.9. The van der Waals surface area contributed by atoms with Gasteiger partial charge in [-0.05, 0) is 74.4 Å². The maximum atomic E-state index is 14.9. The van der Waals surface area contributed by atoms with Gasteiger partial charge < -0.3 is 11.1 Å². The van der Waals surface area contributed by atoms with Crippen LogP contribution in [0.4, 0.5) is 15.9 Å². The Kier molecular flexibility index (Phi) is 5.60. The van der Waals surface area contributed by atoms with E-state index < -0.39 is 9.84 Å². The summed E-state index contributed by atoms with van der Waals surface area (Å²) in [4.78, 5) is 8.99. The zero-order valence-electron chi connectivity index (χ0n) is 17.9. The van der Waals surface area contributed by atoms with E-state index in [9.17, 15) is 12.8 Å². The summed E-state index contributed by atoms with van der Waals surface area (Å²) in [6.45, 7) is 5.79. The van der Waals surface area contributed by atoms with Crippen LogP contribution in [-0.2, 0) is 9.84 Å². The first-order valence-electron chi connectivity index (χ1n) is 10.4. The van der Waals surface area contributed by atoms with E-state index >= 15 is 0 Å². The molecule has 2 heterocycles. The van der Waals surface area contributed by atoms with Gasteiger partial charge in [-0.3, -0.25) is 0 Å². The highest BCUT2D eigenvalue weighted by Gasteiger charge is 2.27. The highest BCUT2D eigenvalue weighted by atomic mass is 32.2. The number of halogens is 1. The molecule has 1 fully saturated rings. The van der Waals surface area contributed by atoms with Crippen LogP contribution < -0.4 is 11.1 Å². The SMILES string of the molecule is Cc1cc(N)cc([C@H](C)Nc2nc(C)nc3cc(F)c(C4CCS(=O)(=O)CC4)cc23)c1. The zero-order chi connectivity index (χ0) is 22.3. The number of hydrogen-bond donors (Lipinski definition) is 2. The summed E-state index contributed by atoms with van der Waals surface area (Å²) in [5.41, 5.74) is 9.86. The molecular weight excluding hydrogens is 415 g/mol. The van der Waals surface area contributed by atoms with E-state index in [-0.39, 0.29) is 29.3 Å². The Morgan fingerprint density at radius 1 is 1.10 bits per heavy atom. The smallest absolute Gasteiger partial charge is 0.150 e. The monoisotopic (exact) mass is 442 g/mol. The van der Waals surface area contributed by atoms with Gasteiger partial charge in [0, 0.05) is 17.1 Å². The van der Waals surface area contributed by atoms with Crippen LogP contribution in [0.25, 0.3) is 10.9 Å². The number of fused-ring (bicyclic) bond motifs is 1. The minimum atomic E-state index is -3.02. The third-order valence-electron chi connectivity index (χ3n) is 5.90. The normalized spacial score (nSPS) is 17.5. The summed E-state index contributed by atoms with van der Waals surface area (Å²) in [6.07, 6.45) is 0.860. The Morgan fingerprint density at radius 3 is 2.48 bits per heavy atom. The number of nitrogen functional groups attached to an aromatic ring is 1. The van der Waals surface area contributed by atoms with Gasteiger partial charge in [-0.1, -0.05) is 6.07 Å². The summed E-state index contributed by atoms with van der Waals surface area (Å²) in [5, 5.41) is 4.16. The molecule has 2 aromatic carbocycles. The minimum absolute atomic E-state index is 0.0759. The Balaban J connectivity index is 1.72. The molecule has 0 saturated carbocycles. The molecule has 6 nitrogen and oxygen atoms in total. The Labute approximate surface area is 182 Å². The van der Waals surface area contributed by atoms with E-state index in [1.807, 2.05) is 26.0 Å². The van der Waals surface area contributed by atoms with E-state index in [1.165, 1.54) is 6.07 Å². The Hall–Kier alpha value is -2.74. The van der Waals surface area contributed by atoms with Gasteiger partial charge in [0.15, 0.2) is 0 Å². The standard InChI is InChI=1S/C23H27FN4O2S/c1-13-8-17(10-18(25)9-13)14(2)26-23-20-11-19(16-4-6-31(29,30)7-5-16)21(24)12-22(20)27-15(3)28-23/h8-12,14,16H,4-7,25H2,1-3H3,(H,26,27,28)/t14-/m0/s1. The van der Waals surface area contributed by atoms with Crippen LogP contribution in [-0.4, -0.2) is 29.9 Å². The van der Waals surface area contributed by atoms with Crippen molar-refractivity contribution in [3.63, 3.8) is 0 Å². The fraction of sp³-hybridized carbons (Fsp3) is 0.391. The third kappa shape index (κ3) is 4.63. The molecule has 0 radical (unpaired) electrons. The van der Waals surface area contributed by atoms with Crippen LogP contribution in [0.2, 0.25) is 0 Å². The molecule has 0 aliphatic carbocycles. The number of aromatic nitrogens is 2. The number of anilines is 2. The van der Waals surface area contributed by atoms with Gasteiger partial charge in [0.25, 0.3) is 0 Å². The van der Waals surface area contributed by atoms with Crippen molar-refractivity contribution >= 4 is 32.2 Å². The fourth-order valence-corrected chi connectivity index (χ4v) is 5.78. The van der Waals surface area contributed by atoms with E-state index in [4.69, 9.17) is 5.73 Å². The fourth-order valence-electron chi connectivity index (χ4n) is 4.29. The van der Waals surface area contributed by atoms with Gasteiger partial charge in [0.1, 0.15) is 27.3 Å². The van der Waals surface area contributed by atoms with Crippen LogP contribution in [0.5, 0.6) is 0 Å². The molecule has 0 bridgehead atoms. The van der Waals surface area contributed by atoms with Crippen LogP contribution in [0, 0.1) is 19.7 Å². The van der Waals surface area contributed by atoms with Gasteiger partial charge in [0.2, 0.25) is 0 Å². The van der Waals surface area contributed by atoms with Crippen molar-refractivity contribution in [1.82, 2.24) is 9.97 Å². The molecule has 3 N–H and O–H groups in total. The maximum Gasteiger partial charge on any atom is 0.150 e. The van der Waals surface area contributed by atoms with Crippen molar-refractivity contribution in [2.24, 2.45) is 0 Å². The van der Waals surface area contributed by atoms with Gasteiger partial charge in [-0.15, -0.1) is 0 Å². The topological polar surface area (TPSA) is 98.0 Å². The predicted octanol–water partition coefficient (Wildman–Crippen LogP) is 4.43. The van der Waals surface area contributed by atoms with Gasteiger partial charge in [0.05, 0.1) is 23.1 Å². The van der Waals surface area contributed by atoms with E-state index in [1.54, 1.807) is 13.0 Å². The van der Waals surface area contributed by atoms with E-state index in [2.05, 4.69) is 21.4 Å². The number of benzene rings is 2. The summed E-state index contributed by atoms with van der Waals surface area (Å²) in [5.74, 6) is 0.880. The Morgan fingerprint density at radius 2 is 1.81 bits per heavy atom. The number of aryl methyl sites for hydroxylation is 2. The van der Waals surface area contributed by atoms with Crippen LogP contribution >= 0.6 is 0 Å². The van der Waals surface area contributed by atoms with Crippen molar-refractivity contribution in [3.05, 3.63) is 58.7 Å². The molecule has 0 amide bonds. The Bertz CT molecular complexity index is 1230. The second-order valence-corrected chi connectivity index (χ2v) is 10.8. The lowest BCUT2D eigenvalue weighted by atomic mass is 9.92. The molecule has 0 spiro atoms. The summed E-state index contributed by atoms with van der Waals surface area (Å²) < 4.78 is 38.5. The summed E-state index contributed by atoms with van der Waals surface area (Å²) in [7, 11) is -3.02. The molecule has 1 aromatic heterocycles. The molecule has 0 unspecified atom stereocenters. The van der Waals surface area contributed by atoms with Gasteiger partial charge in [-0.25, -0.2) is 22.8 Å². The van der Waals surface area contributed by atoms with Gasteiger partial charge in [-0.2, -0.15) is 0 Å². The predicted molar refractivity (Wildman–Crippen MR) is 122 cm³/mol. The second-order valence-electron chi connectivity index (χ2n) is 8.48. The molecule has 1 atom stereocenters. The minimum Gasteiger partial charge on any atom is -0.399 e. The first-order chi connectivity index (χ1) is 14.6. The average Bonchev–Trinajstić information content (AvgIpc) is 2.67. The molecule has 8 heteroatoms. The van der Waals surface area contributed by atoms with Crippen LogP contribution in [0.1, 0.15) is 54.2 Å².